The van der Waals surface area contributed by atoms with Crippen LogP contribution in [0.2, 0.25) is 0 Å². The second-order valence-electron chi connectivity index (χ2n) is 4.26. The number of nitro groups is 1. The summed E-state index contributed by atoms with van der Waals surface area (Å²) in [6, 6.07) is 1.74. The lowest BCUT2D eigenvalue weighted by molar-refractivity contribution is -0.387. The van der Waals surface area contributed by atoms with Crippen molar-refractivity contribution in [2.45, 2.75) is 18.4 Å². The zero-order valence-electron chi connectivity index (χ0n) is 10.8. The fraction of sp³-hybridized carbons (Fsp3) is 0.182. The number of aromatic nitrogens is 2. The predicted octanol–water partition coefficient (Wildman–Crippen LogP) is 1.24. The van der Waals surface area contributed by atoms with Crippen molar-refractivity contribution in [3.05, 3.63) is 51.6 Å². The van der Waals surface area contributed by atoms with Crippen molar-refractivity contribution < 1.29 is 17.7 Å². The Morgan fingerprint density at radius 1 is 1.48 bits per heavy atom. The molecular weight excluding hydrogens is 303 g/mol. The largest absolute Gasteiger partial charge is 0.306 e. The molecule has 2 rings (SSSR count). The van der Waals surface area contributed by atoms with Gasteiger partial charge in [-0.2, -0.15) is 9.49 Å². The molecule has 1 heterocycles. The Kier molecular flexibility index (Phi) is 4.00. The van der Waals surface area contributed by atoms with E-state index in [1.165, 1.54) is 19.3 Å². The number of hydrogen-bond donors (Lipinski definition) is 2. The molecule has 0 saturated carbocycles. The van der Waals surface area contributed by atoms with E-state index in [-0.39, 0.29) is 17.0 Å². The Labute approximate surface area is 119 Å². The molecule has 0 atom stereocenters. The van der Waals surface area contributed by atoms with Gasteiger partial charge in [0.05, 0.1) is 16.0 Å². The molecule has 0 bridgehead atoms. The molecule has 0 amide bonds. The molecule has 0 radical (unpaired) electrons. The van der Waals surface area contributed by atoms with Crippen molar-refractivity contribution in [1.82, 2.24) is 14.9 Å². The number of benzene rings is 1. The molecule has 2 N–H and O–H groups in total. The van der Waals surface area contributed by atoms with E-state index in [2.05, 4.69) is 14.9 Å². The van der Waals surface area contributed by atoms with Crippen molar-refractivity contribution in [3.8, 4) is 0 Å². The highest BCUT2D eigenvalue weighted by atomic mass is 32.2. The van der Waals surface area contributed by atoms with E-state index in [4.69, 9.17) is 0 Å². The molecule has 0 unspecified atom stereocenters. The summed E-state index contributed by atoms with van der Waals surface area (Å²) in [7, 11) is -3.99. The summed E-state index contributed by atoms with van der Waals surface area (Å²) in [6.07, 6.45) is 2.93. The Morgan fingerprint density at radius 3 is 2.76 bits per heavy atom. The molecule has 0 saturated heterocycles. The maximum absolute atomic E-state index is 13.6. The van der Waals surface area contributed by atoms with Crippen LogP contribution in [0.5, 0.6) is 0 Å². The minimum Gasteiger partial charge on any atom is -0.285 e. The summed E-state index contributed by atoms with van der Waals surface area (Å²) >= 11 is 0. The van der Waals surface area contributed by atoms with Gasteiger partial charge in [-0.25, -0.2) is 13.1 Å². The van der Waals surface area contributed by atoms with Crippen LogP contribution in [-0.2, 0) is 16.6 Å². The lowest BCUT2D eigenvalue weighted by Crippen LogP contribution is -2.23. The number of nitrogens with zero attached hydrogens (tertiary/aromatic N) is 2. The third kappa shape index (κ3) is 3.23. The number of hydrogen-bond acceptors (Lipinski definition) is 5. The van der Waals surface area contributed by atoms with E-state index >= 15 is 0 Å². The number of aromatic amines is 1. The highest BCUT2D eigenvalue weighted by Gasteiger charge is 2.23. The third-order valence-electron chi connectivity index (χ3n) is 2.74. The van der Waals surface area contributed by atoms with Crippen molar-refractivity contribution in [3.63, 3.8) is 0 Å². The fourth-order valence-corrected chi connectivity index (χ4v) is 2.76. The minimum absolute atomic E-state index is 0.0386. The Morgan fingerprint density at radius 2 is 2.19 bits per heavy atom. The second-order valence-corrected chi connectivity index (χ2v) is 6.03. The average Bonchev–Trinajstić information content (AvgIpc) is 2.92. The summed E-state index contributed by atoms with van der Waals surface area (Å²) in [5, 5.41) is 16.9. The van der Waals surface area contributed by atoms with Crippen LogP contribution in [0, 0.1) is 22.9 Å². The maximum atomic E-state index is 13.6. The van der Waals surface area contributed by atoms with Crippen LogP contribution < -0.4 is 4.72 Å². The summed E-state index contributed by atoms with van der Waals surface area (Å²) in [6.45, 7) is 1.22. The molecule has 112 valence electrons. The zero-order chi connectivity index (χ0) is 15.6. The van der Waals surface area contributed by atoms with E-state index in [0.717, 1.165) is 6.07 Å². The average molecular weight is 314 g/mol. The van der Waals surface area contributed by atoms with Gasteiger partial charge < -0.3 is 0 Å². The van der Waals surface area contributed by atoms with Gasteiger partial charge in [-0.05, 0) is 18.6 Å². The van der Waals surface area contributed by atoms with Crippen LogP contribution in [0.25, 0.3) is 0 Å². The topological polar surface area (TPSA) is 118 Å². The van der Waals surface area contributed by atoms with Gasteiger partial charge >= 0.3 is 5.69 Å². The van der Waals surface area contributed by atoms with Gasteiger partial charge in [0.15, 0.2) is 0 Å². The first-order chi connectivity index (χ1) is 9.81. The lowest BCUT2D eigenvalue weighted by atomic mass is 10.2. The van der Waals surface area contributed by atoms with Crippen molar-refractivity contribution in [1.29, 1.82) is 0 Å². The number of rotatable bonds is 5. The maximum Gasteiger partial charge on any atom is 0.306 e. The van der Waals surface area contributed by atoms with Crippen LogP contribution in [0.15, 0.2) is 29.4 Å². The van der Waals surface area contributed by atoms with Crippen LogP contribution >= 0.6 is 0 Å². The highest BCUT2D eigenvalue weighted by molar-refractivity contribution is 7.89. The third-order valence-corrected chi connectivity index (χ3v) is 4.12. The molecule has 8 nitrogen and oxygen atoms in total. The van der Waals surface area contributed by atoms with E-state index in [0.29, 0.717) is 11.6 Å². The highest BCUT2D eigenvalue weighted by Crippen LogP contribution is 2.25. The number of sulfonamides is 1. The van der Waals surface area contributed by atoms with Gasteiger partial charge in [-0.1, -0.05) is 0 Å². The molecule has 0 aliphatic carbocycles. The summed E-state index contributed by atoms with van der Waals surface area (Å²) in [5.74, 6) is -1.05. The molecular formula is C11H11FN4O4S. The first-order valence-electron chi connectivity index (χ1n) is 5.73. The lowest BCUT2D eigenvalue weighted by Gasteiger charge is -2.07. The molecule has 1 aromatic heterocycles. The molecule has 2 aromatic rings. The minimum atomic E-state index is -3.99. The van der Waals surface area contributed by atoms with Crippen LogP contribution in [0.1, 0.15) is 11.1 Å². The van der Waals surface area contributed by atoms with Gasteiger partial charge in [0.2, 0.25) is 15.8 Å². The first kappa shape index (κ1) is 15.1. The fourth-order valence-electron chi connectivity index (χ4n) is 1.64. The molecule has 21 heavy (non-hydrogen) atoms. The molecule has 0 aliphatic heterocycles. The van der Waals surface area contributed by atoms with E-state index < -0.39 is 26.5 Å². The van der Waals surface area contributed by atoms with Gasteiger partial charge in [-0.3, -0.25) is 15.2 Å². The Bertz CT molecular complexity index is 774. The summed E-state index contributed by atoms with van der Waals surface area (Å²) < 4.78 is 40.0. The normalized spacial score (nSPS) is 11.5. The van der Waals surface area contributed by atoms with Crippen LogP contribution in [0.4, 0.5) is 10.1 Å². The van der Waals surface area contributed by atoms with Gasteiger partial charge in [0.1, 0.15) is 0 Å². The van der Waals surface area contributed by atoms with Crippen molar-refractivity contribution in [2.75, 3.05) is 0 Å². The summed E-state index contributed by atoms with van der Waals surface area (Å²) in [5.41, 5.74) is -0.404. The Balaban J connectivity index is 2.33. The SMILES string of the molecule is Cc1cc(S(=O)(=O)NCc2cn[nH]c2)cc([N+](=O)[O-])c1F. The standard InChI is InChI=1S/C11H11FN4O4S/c1-7-2-9(3-10(11(7)12)16(17)18)21(19,20)15-6-8-4-13-14-5-8/h2-5,15H,6H2,1H3,(H,13,14). The molecule has 1 aromatic carbocycles. The second kappa shape index (κ2) is 5.58. The molecule has 0 aliphatic rings. The molecule has 0 spiro atoms. The van der Waals surface area contributed by atoms with Gasteiger partial charge in [-0.15, -0.1) is 0 Å². The monoisotopic (exact) mass is 314 g/mol. The van der Waals surface area contributed by atoms with Crippen molar-refractivity contribution in [2.24, 2.45) is 0 Å². The van der Waals surface area contributed by atoms with Crippen LogP contribution in [-0.4, -0.2) is 23.5 Å². The van der Waals surface area contributed by atoms with Gasteiger partial charge in [0.25, 0.3) is 0 Å². The van der Waals surface area contributed by atoms with E-state index in [1.54, 1.807) is 0 Å². The van der Waals surface area contributed by atoms with Gasteiger partial charge in [0, 0.05) is 24.4 Å². The number of nitrogens with one attached hydrogen (secondary N) is 2. The number of H-pyrrole nitrogens is 1. The molecule has 0 fully saturated rings. The number of aryl methyl sites for hydroxylation is 1. The number of halogens is 1. The Hall–Kier alpha value is -2.33. The molecule has 10 heteroatoms. The van der Waals surface area contributed by atoms with E-state index in [1.807, 2.05) is 0 Å². The quantitative estimate of drug-likeness (QED) is 0.636. The predicted molar refractivity (Wildman–Crippen MR) is 70.4 cm³/mol. The van der Waals surface area contributed by atoms with Crippen molar-refractivity contribution >= 4 is 15.7 Å². The number of nitro benzene ring substituents is 1. The first-order valence-corrected chi connectivity index (χ1v) is 7.21. The zero-order valence-corrected chi connectivity index (χ0v) is 11.6. The summed E-state index contributed by atoms with van der Waals surface area (Å²) in [4.78, 5) is 9.41. The van der Waals surface area contributed by atoms with E-state index in [9.17, 15) is 22.9 Å². The smallest absolute Gasteiger partial charge is 0.285 e. The van der Waals surface area contributed by atoms with Crippen LogP contribution in [0.3, 0.4) is 0 Å².